The van der Waals surface area contributed by atoms with Crippen molar-refractivity contribution in [3.05, 3.63) is 71.7 Å². The summed E-state index contributed by atoms with van der Waals surface area (Å²) in [6.45, 7) is 0. The molecule has 0 unspecified atom stereocenters. The second-order valence-electron chi connectivity index (χ2n) is 4.79. The van der Waals surface area contributed by atoms with Crippen LogP contribution in [0.25, 0.3) is 11.6 Å². The number of nitrogens with two attached hydrogens (primary N) is 1. The van der Waals surface area contributed by atoms with Crippen molar-refractivity contribution in [3.8, 4) is 0 Å². The molecule has 0 aliphatic heterocycles. The van der Waals surface area contributed by atoms with E-state index in [9.17, 15) is 9.59 Å². The number of amides is 1. The first-order valence-electron chi connectivity index (χ1n) is 7.09. The van der Waals surface area contributed by atoms with Gasteiger partial charge < -0.3 is 16.5 Å². The molecule has 0 saturated carbocycles. The van der Waals surface area contributed by atoms with E-state index in [4.69, 9.17) is 11.1 Å². The molecule has 1 aromatic carbocycles. The van der Waals surface area contributed by atoms with Gasteiger partial charge in [-0.25, -0.2) is 0 Å². The highest BCUT2D eigenvalue weighted by Gasteiger charge is 2.04. The summed E-state index contributed by atoms with van der Waals surface area (Å²) in [5.41, 5.74) is 8.54. The van der Waals surface area contributed by atoms with Crippen molar-refractivity contribution >= 4 is 35.7 Å². The van der Waals surface area contributed by atoms with Gasteiger partial charge in [-0.3, -0.25) is 14.6 Å². The van der Waals surface area contributed by atoms with Crippen LogP contribution in [0.5, 0.6) is 0 Å². The molecule has 0 radical (unpaired) electrons. The summed E-state index contributed by atoms with van der Waals surface area (Å²) >= 11 is 0. The van der Waals surface area contributed by atoms with Crippen molar-refractivity contribution in [2.75, 3.05) is 5.32 Å². The first kappa shape index (κ1) is 16.8. The topological polar surface area (TPSA) is 109 Å². The normalized spacial score (nSPS) is 11.2. The van der Waals surface area contributed by atoms with E-state index in [-0.39, 0.29) is 5.91 Å². The van der Waals surface area contributed by atoms with Gasteiger partial charge in [-0.15, -0.1) is 0 Å². The number of hydrogen-bond donors (Lipinski definition) is 3. The second kappa shape index (κ2) is 8.19. The molecule has 0 fully saturated rings. The highest BCUT2D eigenvalue weighted by molar-refractivity contribution is 6.10. The van der Waals surface area contributed by atoms with Crippen molar-refractivity contribution < 1.29 is 9.59 Å². The molecule has 6 nitrogen and oxygen atoms in total. The van der Waals surface area contributed by atoms with Crippen molar-refractivity contribution in [2.24, 2.45) is 5.73 Å². The van der Waals surface area contributed by atoms with E-state index < -0.39 is 0 Å². The van der Waals surface area contributed by atoms with Crippen LogP contribution in [0.4, 0.5) is 5.69 Å². The molecule has 2 aromatic rings. The molecule has 0 aliphatic rings. The zero-order chi connectivity index (χ0) is 17.4. The number of aromatic nitrogens is 1. The van der Waals surface area contributed by atoms with Crippen molar-refractivity contribution in [1.29, 1.82) is 5.41 Å². The maximum atomic E-state index is 12.0. The van der Waals surface area contributed by atoms with Gasteiger partial charge in [-0.2, -0.15) is 0 Å². The first-order chi connectivity index (χ1) is 11.7. The third-order valence-corrected chi connectivity index (χ3v) is 3.23. The summed E-state index contributed by atoms with van der Waals surface area (Å²) in [6.07, 6.45) is 9.35. The minimum absolute atomic E-state index is 0.322. The Morgan fingerprint density at radius 3 is 2.58 bits per heavy atom. The Morgan fingerprint density at radius 2 is 1.96 bits per heavy atom. The van der Waals surface area contributed by atoms with E-state index >= 15 is 0 Å². The second-order valence-corrected chi connectivity index (χ2v) is 4.79. The quantitative estimate of drug-likeness (QED) is 0.431. The Balaban J connectivity index is 2.14. The third-order valence-electron chi connectivity index (χ3n) is 3.23. The smallest absolute Gasteiger partial charge is 0.248 e. The molecular formula is C18H16N4O2. The van der Waals surface area contributed by atoms with Crippen LogP contribution in [-0.4, -0.2) is 23.4 Å². The van der Waals surface area contributed by atoms with Gasteiger partial charge in [0.05, 0.1) is 0 Å². The molecule has 6 heteroatoms. The lowest BCUT2D eigenvalue weighted by molar-refractivity contribution is -0.111. The average Bonchev–Trinajstić information content (AvgIpc) is 2.62. The van der Waals surface area contributed by atoms with Crippen LogP contribution in [0.1, 0.15) is 21.5 Å². The molecule has 1 heterocycles. The fourth-order valence-electron chi connectivity index (χ4n) is 2.01. The van der Waals surface area contributed by atoms with Crippen LogP contribution in [0, 0.1) is 5.41 Å². The molecule has 0 aliphatic carbocycles. The summed E-state index contributed by atoms with van der Waals surface area (Å²) in [4.78, 5) is 26.6. The first-order valence-corrected chi connectivity index (χ1v) is 7.09. The van der Waals surface area contributed by atoms with Crippen molar-refractivity contribution in [3.63, 3.8) is 0 Å². The van der Waals surface area contributed by atoms with Crippen molar-refractivity contribution in [1.82, 2.24) is 4.98 Å². The Hall–Kier alpha value is -3.54. The molecule has 0 saturated heterocycles. The number of nitrogens with zero attached hydrogens (tertiary/aromatic N) is 1. The number of aldehydes is 1. The standard InChI is InChI=1S/C18H16N4O2/c19-9-15(10-20)17-7-8-21-11-14(17)3-6-18(24)22-16-4-1-13(12-23)2-5-16/h1-12,19H,20H2,(H,22,24)/b6-3+,15-10?,19-9?. The van der Waals surface area contributed by atoms with Gasteiger partial charge in [0.2, 0.25) is 5.91 Å². The Bertz CT molecular complexity index is 808. The van der Waals surface area contributed by atoms with E-state index in [0.717, 1.165) is 12.5 Å². The van der Waals surface area contributed by atoms with Gasteiger partial charge in [0, 0.05) is 53.3 Å². The number of anilines is 1. The van der Waals surface area contributed by atoms with Gasteiger partial charge in [-0.05, 0) is 42.0 Å². The maximum Gasteiger partial charge on any atom is 0.248 e. The SMILES string of the molecule is N=CC(=CN)c1ccncc1/C=C/C(=O)Nc1ccc(C=O)cc1. The third kappa shape index (κ3) is 4.23. The predicted molar refractivity (Wildman–Crippen MR) is 94.7 cm³/mol. The molecule has 1 aromatic heterocycles. The summed E-state index contributed by atoms with van der Waals surface area (Å²) in [5, 5.41) is 10.1. The van der Waals surface area contributed by atoms with Crippen LogP contribution in [-0.2, 0) is 4.79 Å². The number of allylic oxidation sites excluding steroid dienone is 1. The molecule has 0 spiro atoms. The summed E-state index contributed by atoms with van der Waals surface area (Å²) in [7, 11) is 0. The number of nitrogens with one attached hydrogen (secondary N) is 2. The zero-order valence-corrected chi connectivity index (χ0v) is 12.8. The lowest BCUT2D eigenvalue weighted by Crippen LogP contribution is -2.07. The maximum absolute atomic E-state index is 12.0. The summed E-state index contributed by atoms with van der Waals surface area (Å²) < 4.78 is 0. The number of hydrogen-bond acceptors (Lipinski definition) is 5. The Labute approximate surface area is 139 Å². The predicted octanol–water partition coefficient (Wildman–Crippen LogP) is 2.50. The van der Waals surface area contributed by atoms with E-state index in [2.05, 4.69) is 10.3 Å². The minimum Gasteiger partial charge on any atom is -0.404 e. The van der Waals surface area contributed by atoms with Crippen LogP contribution >= 0.6 is 0 Å². The summed E-state index contributed by atoms with van der Waals surface area (Å²) in [6, 6.07) is 8.26. The molecule has 2 rings (SSSR count). The van der Waals surface area contributed by atoms with Crippen LogP contribution in [0.2, 0.25) is 0 Å². The van der Waals surface area contributed by atoms with E-state index in [1.807, 2.05) is 0 Å². The molecule has 0 atom stereocenters. The van der Waals surface area contributed by atoms with Crippen LogP contribution in [0.15, 0.2) is 55.0 Å². The Morgan fingerprint density at radius 1 is 1.21 bits per heavy atom. The largest absolute Gasteiger partial charge is 0.404 e. The van der Waals surface area contributed by atoms with E-state index in [1.54, 1.807) is 48.8 Å². The number of benzene rings is 1. The van der Waals surface area contributed by atoms with Gasteiger partial charge in [-0.1, -0.05) is 0 Å². The van der Waals surface area contributed by atoms with Crippen molar-refractivity contribution in [2.45, 2.75) is 0 Å². The minimum atomic E-state index is -0.322. The number of carbonyl (C=O) groups is 2. The number of carbonyl (C=O) groups excluding carboxylic acids is 2. The monoisotopic (exact) mass is 320 g/mol. The fraction of sp³-hybridized carbons (Fsp3) is 0. The lowest BCUT2D eigenvalue weighted by Gasteiger charge is -2.05. The molecule has 120 valence electrons. The lowest BCUT2D eigenvalue weighted by atomic mass is 10.0. The number of rotatable bonds is 6. The molecule has 24 heavy (non-hydrogen) atoms. The average molecular weight is 320 g/mol. The highest BCUT2D eigenvalue weighted by Crippen LogP contribution is 2.17. The van der Waals surface area contributed by atoms with Gasteiger partial charge in [0.1, 0.15) is 6.29 Å². The summed E-state index contributed by atoms with van der Waals surface area (Å²) in [5.74, 6) is -0.322. The van der Waals surface area contributed by atoms with Gasteiger partial charge >= 0.3 is 0 Å². The number of pyridine rings is 1. The van der Waals surface area contributed by atoms with Crippen LogP contribution in [0.3, 0.4) is 0 Å². The molecule has 4 N–H and O–H groups in total. The molecule has 0 bridgehead atoms. The van der Waals surface area contributed by atoms with Gasteiger partial charge in [0.15, 0.2) is 0 Å². The Kier molecular flexibility index (Phi) is 5.74. The van der Waals surface area contributed by atoms with Gasteiger partial charge in [0.25, 0.3) is 0 Å². The van der Waals surface area contributed by atoms with Crippen LogP contribution < -0.4 is 11.1 Å². The fourth-order valence-corrected chi connectivity index (χ4v) is 2.01. The zero-order valence-electron chi connectivity index (χ0n) is 12.8. The van der Waals surface area contributed by atoms with E-state index in [0.29, 0.717) is 28.0 Å². The van der Waals surface area contributed by atoms with E-state index in [1.165, 1.54) is 12.3 Å². The molecular weight excluding hydrogens is 304 g/mol. The highest BCUT2D eigenvalue weighted by atomic mass is 16.1. The molecule has 1 amide bonds.